The van der Waals surface area contributed by atoms with Crippen LogP contribution in [0.15, 0.2) is 36.5 Å². The lowest BCUT2D eigenvalue weighted by Gasteiger charge is -2.40. The van der Waals surface area contributed by atoms with Crippen molar-refractivity contribution >= 4 is 30.3 Å². The molecule has 0 bridgehead atoms. The number of nitrogens with zero attached hydrogens (tertiary/aromatic N) is 3. The summed E-state index contributed by atoms with van der Waals surface area (Å²) in [7, 11) is -0.397. The van der Waals surface area contributed by atoms with Gasteiger partial charge in [-0.05, 0) is 59.8 Å². The van der Waals surface area contributed by atoms with Crippen LogP contribution >= 0.6 is 11.6 Å². The number of aromatic nitrogens is 1. The number of halogens is 1. The maximum absolute atomic E-state index is 9.90. The highest BCUT2D eigenvalue weighted by Crippen LogP contribution is 2.41. The highest BCUT2D eigenvalue weighted by Gasteiger charge is 2.33. The van der Waals surface area contributed by atoms with Crippen molar-refractivity contribution in [1.29, 1.82) is 0 Å². The summed E-state index contributed by atoms with van der Waals surface area (Å²) in [6, 6.07) is 10.5. The van der Waals surface area contributed by atoms with Crippen LogP contribution in [0.2, 0.25) is 11.8 Å². The maximum Gasteiger partial charge on any atom is 0.376 e. The quantitative estimate of drug-likeness (QED) is 0.821. The molecule has 1 unspecified atom stereocenters. The van der Waals surface area contributed by atoms with Gasteiger partial charge < -0.3 is 9.83 Å². The second-order valence-electron chi connectivity index (χ2n) is 7.34. The Morgan fingerprint density at radius 3 is 2.70 bits per heavy atom. The molecular formula is C21H25BClN3O. The van der Waals surface area contributed by atoms with Crippen molar-refractivity contribution in [2.24, 2.45) is 0 Å². The molecule has 1 aromatic heterocycles. The third kappa shape index (κ3) is 3.57. The molecule has 6 heteroatoms. The van der Waals surface area contributed by atoms with E-state index >= 15 is 0 Å². The molecule has 4 rings (SSSR count). The lowest BCUT2D eigenvalue weighted by atomic mass is 9.84. The highest BCUT2D eigenvalue weighted by atomic mass is 35.5. The summed E-state index contributed by atoms with van der Waals surface area (Å²) in [4.78, 5) is 9.40. The maximum atomic E-state index is 9.90. The summed E-state index contributed by atoms with van der Waals surface area (Å²) in [5.41, 5.74) is 6.09. The van der Waals surface area contributed by atoms with Crippen molar-refractivity contribution in [1.82, 2.24) is 14.7 Å². The molecule has 2 aliphatic rings. The van der Waals surface area contributed by atoms with E-state index in [2.05, 4.69) is 40.9 Å². The molecular weight excluding hydrogens is 357 g/mol. The van der Waals surface area contributed by atoms with E-state index in [9.17, 15) is 5.02 Å². The lowest BCUT2D eigenvalue weighted by Crippen LogP contribution is -2.52. The Bertz CT molecular complexity index is 862. The molecule has 1 N–H and O–H groups in total. The van der Waals surface area contributed by atoms with E-state index in [0.29, 0.717) is 0 Å². The number of hydrogen-bond donors (Lipinski definition) is 1. The van der Waals surface area contributed by atoms with E-state index in [-0.39, 0.29) is 6.04 Å². The molecule has 140 valence electrons. The Morgan fingerprint density at radius 2 is 2.00 bits per heavy atom. The predicted octanol–water partition coefficient (Wildman–Crippen LogP) is 3.82. The second kappa shape index (κ2) is 7.76. The fraction of sp³-hybridized carbons (Fsp3) is 0.381. The van der Waals surface area contributed by atoms with Crippen molar-refractivity contribution in [3.63, 3.8) is 0 Å². The first-order valence-electron chi connectivity index (χ1n) is 9.70. The normalized spacial score (nSPS) is 20.4. The van der Waals surface area contributed by atoms with Crippen LogP contribution in [0.1, 0.15) is 41.8 Å². The molecule has 1 fully saturated rings. The van der Waals surface area contributed by atoms with Crippen LogP contribution in [0, 0.1) is 0 Å². The third-order valence-electron chi connectivity index (χ3n) is 5.74. The molecule has 0 spiro atoms. The molecule has 2 heterocycles. The summed E-state index contributed by atoms with van der Waals surface area (Å²) >= 11 is 6.36. The average Bonchev–Trinajstić information content (AvgIpc) is 2.82. The number of allylic oxidation sites excluding steroid dienone is 1. The van der Waals surface area contributed by atoms with E-state index in [1.54, 1.807) is 0 Å². The fourth-order valence-electron chi connectivity index (χ4n) is 4.27. The van der Waals surface area contributed by atoms with Crippen molar-refractivity contribution in [3.05, 3.63) is 63.9 Å². The summed E-state index contributed by atoms with van der Waals surface area (Å²) in [6.45, 7) is 7.53. The van der Waals surface area contributed by atoms with Gasteiger partial charge in [-0.25, -0.2) is 0 Å². The van der Waals surface area contributed by atoms with Crippen LogP contribution in [0.5, 0.6) is 0 Å². The predicted molar refractivity (Wildman–Crippen MR) is 113 cm³/mol. The molecule has 0 radical (unpaired) electrons. The van der Waals surface area contributed by atoms with Gasteiger partial charge in [0.1, 0.15) is 0 Å². The van der Waals surface area contributed by atoms with Crippen LogP contribution in [0.3, 0.4) is 0 Å². The van der Waals surface area contributed by atoms with Gasteiger partial charge in [-0.15, -0.1) is 0 Å². The zero-order chi connectivity index (χ0) is 19.0. The number of benzene rings is 1. The minimum absolute atomic E-state index is 0.102. The third-order valence-corrected chi connectivity index (χ3v) is 5.97. The molecule has 0 amide bonds. The summed E-state index contributed by atoms with van der Waals surface area (Å²) in [5.74, 6) is 0. The van der Waals surface area contributed by atoms with Crippen LogP contribution < -0.4 is 0 Å². The molecule has 27 heavy (non-hydrogen) atoms. The summed E-state index contributed by atoms with van der Waals surface area (Å²) in [5, 5.41) is 10.7. The Kier molecular flexibility index (Phi) is 5.37. The van der Waals surface area contributed by atoms with Crippen LogP contribution in [-0.2, 0) is 0 Å². The van der Waals surface area contributed by atoms with Crippen molar-refractivity contribution in [3.8, 4) is 0 Å². The fourth-order valence-corrected chi connectivity index (χ4v) is 4.44. The van der Waals surface area contributed by atoms with Crippen molar-refractivity contribution < 1.29 is 5.02 Å². The topological polar surface area (TPSA) is 39.6 Å². The molecule has 1 aliphatic heterocycles. The van der Waals surface area contributed by atoms with E-state index < -0.39 is 7.05 Å². The van der Waals surface area contributed by atoms with Gasteiger partial charge in [0.15, 0.2) is 0 Å². The minimum atomic E-state index is -0.397. The van der Waals surface area contributed by atoms with Crippen LogP contribution in [-0.4, -0.2) is 52.9 Å². The molecule has 1 aliphatic carbocycles. The van der Waals surface area contributed by atoms with Crippen LogP contribution in [0.4, 0.5) is 0 Å². The largest absolute Gasteiger partial charge is 0.437 e. The van der Waals surface area contributed by atoms with E-state index in [1.165, 1.54) is 22.3 Å². The first-order chi connectivity index (χ1) is 13.1. The Hall–Kier alpha value is -1.66. The van der Waals surface area contributed by atoms with Crippen molar-refractivity contribution in [2.45, 2.75) is 26.2 Å². The second-order valence-corrected chi connectivity index (χ2v) is 7.78. The van der Waals surface area contributed by atoms with Gasteiger partial charge in [0.05, 0.1) is 11.7 Å². The van der Waals surface area contributed by atoms with Gasteiger partial charge in [0.2, 0.25) is 0 Å². The summed E-state index contributed by atoms with van der Waals surface area (Å²) < 4.78 is 0. The van der Waals surface area contributed by atoms with E-state index in [1.807, 2.05) is 25.2 Å². The van der Waals surface area contributed by atoms with Gasteiger partial charge in [0, 0.05) is 37.4 Å². The number of hydrogen-bond acceptors (Lipinski definition) is 4. The molecule has 1 atom stereocenters. The minimum Gasteiger partial charge on any atom is -0.437 e. The molecule has 2 aromatic rings. The van der Waals surface area contributed by atoms with E-state index in [0.717, 1.165) is 43.3 Å². The van der Waals surface area contributed by atoms with Gasteiger partial charge in [-0.2, -0.15) is 0 Å². The molecule has 0 saturated carbocycles. The van der Waals surface area contributed by atoms with Gasteiger partial charge in [-0.1, -0.05) is 30.7 Å². The van der Waals surface area contributed by atoms with Crippen LogP contribution in [0.25, 0.3) is 11.6 Å². The van der Waals surface area contributed by atoms with Gasteiger partial charge in [-0.3, -0.25) is 9.88 Å². The van der Waals surface area contributed by atoms with Crippen molar-refractivity contribution in [2.75, 3.05) is 26.2 Å². The Labute approximate surface area is 166 Å². The number of pyridine rings is 1. The number of rotatable bonds is 3. The Balaban J connectivity index is 1.81. The Morgan fingerprint density at radius 1 is 1.22 bits per heavy atom. The highest BCUT2D eigenvalue weighted by molar-refractivity contribution is 6.45. The zero-order valence-corrected chi connectivity index (χ0v) is 16.7. The molecule has 4 nitrogen and oxygen atoms in total. The molecule has 1 saturated heterocycles. The average molecular weight is 382 g/mol. The van der Waals surface area contributed by atoms with Gasteiger partial charge >= 0.3 is 7.05 Å². The number of fused-ring (bicyclic) bond motifs is 2. The lowest BCUT2D eigenvalue weighted by molar-refractivity contribution is 0.144. The zero-order valence-electron chi connectivity index (χ0n) is 15.9. The van der Waals surface area contributed by atoms with Gasteiger partial charge in [0.25, 0.3) is 0 Å². The SMILES string of the molecule is CCC1=Cc2cccnc2C(N2CCN(B(C)O)CC2)c2ccc(Cl)cc21. The number of piperazine rings is 1. The smallest absolute Gasteiger partial charge is 0.376 e. The monoisotopic (exact) mass is 381 g/mol. The first-order valence-corrected chi connectivity index (χ1v) is 10.1. The summed E-state index contributed by atoms with van der Waals surface area (Å²) in [6.07, 6.45) is 5.10. The molecule has 1 aromatic carbocycles. The first kappa shape index (κ1) is 18.7. The standard InChI is InChI=1S/C21H25BClN3O/c1-3-15-13-16-5-4-8-24-20(16)21(18-7-6-17(23)14-19(15)18)25-9-11-26(12-10-25)22(2)27/h4-8,13-14,21,27H,3,9-12H2,1-2H3. The van der Waals surface area contributed by atoms with E-state index in [4.69, 9.17) is 16.6 Å².